The van der Waals surface area contributed by atoms with Gasteiger partial charge < -0.3 is 9.30 Å². The number of aromatic nitrogens is 4. The fourth-order valence-corrected chi connectivity index (χ4v) is 7.03. The number of hydrogen-bond donors (Lipinski definition) is 0. The summed E-state index contributed by atoms with van der Waals surface area (Å²) in [5.41, 5.74) is 11.3. The van der Waals surface area contributed by atoms with Crippen LogP contribution >= 0.6 is 0 Å². The fraction of sp³-hybridized carbons (Fsp3) is 0.289. The first kappa shape index (κ1) is 36.3. The van der Waals surface area contributed by atoms with Crippen LogP contribution in [0.1, 0.15) is 75.0 Å². The molecule has 0 aliphatic carbocycles. The van der Waals surface area contributed by atoms with Gasteiger partial charge in [0.05, 0.1) is 5.69 Å². The molecule has 0 saturated heterocycles. The van der Waals surface area contributed by atoms with Gasteiger partial charge in [0.1, 0.15) is 5.82 Å². The maximum absolute atomic E-state index is 6.59. The van der Waals surface area contributed by atoms with Crippen molar-refractivity contribution in [2.45, 2.75) is 80.6 Å². The quantitative estimate of drug-likeness (QED) is 0.102. The van der Waals surface area contributed by atoms with Gasteiger partial charge in [0.25, 0.3) is 0 Å². The van der Waals surface area contributed by atoms with E-state index in [4.69, 9.17) is 14.8 Å². The van der Waals surface area contributed by atoms with Gasteiger partial charge in [-0.3, -0.25) is 4.68 Å². The zero-order valence-electron chi connectivity index (χ0n) is 30.7. The number of pyridine rings is 1. The molecule has 3 heterocycles. The molecule has 0 atom stereocenters. The van der Waals surface area contributed by atoms with E-state index in [1.165, 1.54) is 30.2 Å². The topological polar surface area (TPSA) is 44.9 Å². The number of ether oxygens (including phenoxy) is 1. The van der Waals surface area contributed by atoms with Crippen LogP contribution in [0, 0.1) is 38.3 Å². The monoisotopic (exact) mass is 853 g/mol. The minimum absolute atomic E-state index is 0. The molecule has 0 amide bonds. The molecule has 6 heteroatoms. The fourth-order valence-electron chi connectivity index (χ4n) is 7.03. The SMILES string of the molecule is CCc1cc(Oc2[c-]c3c(cc2)c2cc(CCCCC(C)(C)C)ccc2n3-c2cc(C)ccn2)[c-]c(-n2nc(C)c(-c3ccccc3)c2C)c1.[Pt+2]. The summed E-state index contributed by atoms with van der Waals surface area (Å²) < 4.78 is 10.8. The molecule has 0 bridgehead atoms. The molecule has 51 heavy (non-hydrogen) atoms. The van der Waals surface area contributed by atoms with Crippen LogP contribution in [0.3, 0.4) is 0 Å². The maximum atomic E-state index is 6.59. The van der Waals surface area contributed by atoms with Gasteiger partial charge >= 0.3 is 21.1 Å². The second kappa shape index (κ2) is 15.0. The van der Waals surface area contributed by atoms with E-state index >= 15 is 0 Å². The summed E-state index contributed by atoms with van der Waals surface area (Å²) in [5, 5.41) is 7.29. The Kier molecular flexibility index (Phi) is 10.7. The molecule has 4 aromatic carbocycles. The van der Waals surface area contributed by atoms with E-state index in [0.29, 0.717) is 16.9 Å². The van der Waals surface area contributed by atoms with Crippen LogP contribution in [0.4, 0.5) is 0 Å². The number of nitrogens with zero attached hydrogens (tertiary/aromatic N) is 4. The number of fused-ring (bicyclic) bond motifs is 3. The molecule has 262 valence electrons. The van der Waals surface area contributed by atoms with E-state index in [0.717, 1.165) is 74.4 Å². The zero-order valence-corrected chi connectivity index (χ0v) is 33.0. The second-order valence-corrected chi connectivity index (χ2v) is 14.7. The average molecular weight is 854 g/mol. The molecule has 0 fully saturated rings. The minimum Gasteiger partial charge on any atom is -0.509 e. The number of aryl methyl sites for hydroxylation is 4. The number of benzene rings is 4. The molecule has 0 saturated carbocycles. The molecule has 5 nitrogen and oxygen atoms in total. The van der Waals surface area contributed by atoms with E-state index < -0.39 is 0 Å². The largest absolute Gasteiger partial charge is 2.00 e. The summed E-state index contributed by atoms with van der Waals surface area (Å²) in [6.45, 7) is 15.4. The summed E-state index contributed by atoms with van der Waals surface area (Å²) in [6.07, 6.45) is 7.46. The predicted octanol–water partition coefficient (Wildman–Crippen LogP) is 11.7. The Morgan fingerprint density at radius 3 is 2.33 bits per heavy atom. The van der Waals surface area contributed by atoms with Crippen molar-refractivity contribution in [2.75, 3.05) is 0 Å². The van der Waals surface area contributed by atoms with Gasteiger partial charge in [0, 0.05) is 34.5 Å². The Balaban J connectivity index is 0.00000448. The molecule has 7 rings (SSSR count). The third-order valence-electron chi connectivity index (χ3n) is 9.59. The smallest absolute Gasteiger partial charge is 0.509 e. The Morgan fingerprint density at radius 1 is 0.784 bits per heavy atom. The van der Waals surface area contributed by atoms with E-state index in [9.17, 15) is 0 Å². The Morgan fingerprint density at radius 2 is 1.59 bits per heavy atom. The molecular weight excluding hydrogens is 808 g/mol. The summed E-state index contributed by atoms with van der Waals surface area (Å²) in [6, 6.07) is 37.0. The molecule has 0 spiro atoms. The van der Waals surface area contributed by atoms with Gasteiger partial charge in [-0.2, -0.15) is 16.7 Å². The van der Waals surface area contributed by atoms with Gasteiger partial charge in [-0.15, -0.1) is 35.7 Å². The van der Waals surface area contributed by atoms with Crippen molar-refractivity contribution in [1.82, 2.24) is 19.3 Å². The van der Waals surface area contributed by atoms with Gasteiger partial charge in [0.2, 0.25) is 0 Å². The Labute approximate surface area is 317 Å². The number of rotatable bonds is 10. The van der Waals surface area contributed by atoms with E-state index in [1.807, 2.05) is 29.1 Å². The van der Waals surface area contributed by atoms with Crippen LogP contribution < -0.4 is 4.74 Å². The summed E-state index contributed by atoms with van der Waals surface area (Å²) in [4.78, 5) is 4.80. The van der Waals surface area contributed by atoms with E-state index in [-0.39, 0.29) is 21.1 Å². The van der Waals surface area contributed by atoms with Crippen molar-refractivity contribution in [3.63, 3.8) is 0 Å². The van der Waals surface area contributed by atoms with Gasteiger partial charge in [-0.05, 0) is 91.4 Å². The first-order valence-corrected chi connectivity index (χ1v) is 17.9. The molecule has 0 unspecified atom stereocenters. The minimum atomic E-state index is 0. The third-order valence-corrected chi connectivity index (χ3v) is 9.59. The maximum Gasteiger partial charge on any atom is 2.00 e. The van der Waals surface area contributed by atoms with Crippen LogP contribution in [0.2, 0.25) is 0 Å². The standard InChI is InChI=1S/C45H46N4O.Pt/c1-8-33-25-36(49-32(4)44(31(3)47-49)35-15-10-9-11-16-35)28-38(26-33)50-37-18-19-39-40-27-34(14-12-13-22-45(5,6)7)17-20-41(40)48(42(39)29-37)43-24-30(2)21-23-46-43;/h9-11,15-21,23-27H,8,12-14,22H2,1-7H3;/q-2;+2. The van der Waals surface area contributed by atoms with Crippen LogP contribution in [-0.2, 0) is 33.9 Å². The van der Waals surface area contributed by atoms with E-state index in [2.05, 4.69) is 132 Å². The Hall–Kier alpha value is -4.47. The summed E-state index contributed by atoms with van der Waals surface area (Å²) in [7, 11) is 0. The summed E-state index contributed by atoms with van der Waals surface area (Å²) >= 11 is 0. The molecular formula is C45H46N4OPt. The van der Waals surface area contributed by atoms with Crippen molar-refractivity contribution in [3.8, 4) is 34.1 Å². The van der Waals surface area contributed by atoms with Gasteiger partial charge in [0.15, 0.2) is 0 Å². The van der Waals surface area contributed by atoms with Crippen molar-refractivity contribution >= 4 is 21.8 Å². The third kappa shape index (κ3) is 7.75. The second-order valence-electron chi connectivity index (χ2n) is 14.7. The van der Waals surface area contributed by atoms with Gasteiger partial charge in [-0.25, -0.2) is 4.98 Å². The number of unbranched alkanes of at least 4 members (excludes halogenated alkanes) is 1. The zero-order chi connectivity index (χ0) is 35.0. The molecule has 0 N–H and O–H groups in total. The van der Waals surface area contributed by atoms with Crippen molar-refractivity contribution in [1.29, 1.82) is 0 Å². The van der Waals surface area contributed by atoms with Crippen molar-refractivity contribution < 1.29 is 25.8 Å². The van der Waals surface area contributed by atoms with E-state index in [1.54, 1.807) is 0 Å². The molecule has 3 aromatic heterocycles. The average Bonchev–Trinajstić information content (AvgIpc) is 3.58. The predicted molar refractivity (Wildman–Crippen MR) is 206 cm³/mol. The summed E-state index contributed by atoms with van der Waals surface area (Å²) in [5.74, 6) is 2.14. The first-order valence-electron chi connectivity index (χ1n) is 17.9. The number of hydrogen-bond acceptors (Lipinski definition) is 3. The van der Waals surface area contributed by atoms with Crippen LogP contribution in [0.15, 0.2) is 91.1 Å². The van der Waals surface area contributed by atoms with Crippen molar-refractivity contribution in [3.05, 3.63) is 131 Å². The molecule has 0 aliphatic rings. The normalized spacial score (nSPS) is 11.7. The molecule has 0 radical (unpaired) electrons. The van der Waals surface area contributed by atoms with Crippen LogP contribution in [0.25, 0.3) is 44.4 Å². The van der Waals surface area contributed by atoms with Crippen molar-refractivity contribution in [2.24, 2.45) is 5.41 Å². The molecule has 0 aliphatic heterocycles. The molecule has 7 aromatic rings. The first-order chi connectivity index (χ1) is 24.1. The van der Waals surface area contributed by atoms with Crippen LogP contribution in [-0.4, -0.2) is 19.3 Å². The Bertz CT molecular complexity index is 2310. The van der Waals surface area contributed by atoms with Gasteiger partial charge in [-0.1, -0.05) is 88.5 Å². The van der Waals surface area contributed by atoms with Crippen LogP contribution in [0.5, 0.6) is 11.5 Å².